The van der Waals surface area contributed by atoms with E-state index in [-0.39, 0.29) is 18.0 Å². The molecule has 0 bridgehead atoms. The Kier molecular flexibility index (Phi) is 8.09. The minimum atomic E-state index is -4.53. The third-order valence-corrected chi connectivity index (χ3v) is 6.14. The van der Waals surface area contributed by atoms with Gasteiger partial charge in [0.2, 0.25) is 5.91 Å². The van der Waals surface area contributed by atoms with E-state index in [2.05, 4.69) is 5.32 Å². The number of anilines is 1. The van der Waals surface area contributed by atoms with Gasteiger partial charge in [-0.2, -0.15) is 13.2 Å². The summed E-state index contributed by atoms with van der Waals surface area (Å²) in [5.41, 5.74) is -0.190. The van der Waals surface area contributed by atoms with E-state index in [1.165, 1.54) is 30.0 Å². The highest BCUT2D eigenvalue weighted by molar-refractivity contribution is 8.26. The van der Waals surface area contributed by atoms with E-state index in [1.54, 1.807) is 4.90 Å². The molecular formula is C23H21F3N2O2S2. The number of benzene rings is 2. The number of para-hydroxylation sites is 1. The number of hydrogen-bond acceptors (Lipinski definition) is 4. The van der Waals surface area contributed by atoms with Crippen molar-refractivity contribution in [2.45, 2.75) is 31.9 Å². The molecule has 9 heteroatoms. The molecular weight excluding hydrogens is 457 g/mol. The van der Waals surface area contributed by atoms with Crippen molar-refractivity contribution in [1.29, 1.82) is 0 Å². The lowest BCUT2D eigenvalue weighted by Crippen LogP contribution is -2.29. The van der Waals surface area contributed by atoms with Gasteiger partial charge in [0.25, 0.3) is 5.91 Å². The van der Waals surface area contributed by atoms with E-state index in [4.69, 9.17) is 12.2 Å². The topological polar surface area (TPSA) is 49.4 Å². The minimum absolute atomic E-state index is 0.0957. The van der Waals surface area contributed by atoms with Crippen LogP contribution in [0.3, 0.4) is 0 Å². The van der Waals surface area contributed by atoms with Crippen molar-refractivity contribution < 1.29 is 22.8 Å². The zero-order valence-corrected chi connectivity index (χ0v) is 18.7. The van der Waals surface area contributed by atoms with Gasteiger partial charge in [-0.3, -0.25) is 14.5 Å². The van der Waals surface area contributed by atoms with Gasteiger partial charge in [0, 0.05) is 13.0 Å². The second kappa shape index (κ2) is 10.8. The van der Waals surface area contributed by atoms with E-state index >= 15 is 0 Å². The average Bonchev–Trinajstić information content (AvgIpc) is 3.01. The summed E-state index contributed by atoms with van der Waals surface area (Å²) in [5.74, 6) is -0.608. The molecule has 3 rings (SSSR count). The third-order valence-electron chi connectivity index (χ3n) is 4.76. The number of halogens is 3. The molecule has 1 aliphatic rings. The maximum atomic E-state index is 13.0. The summed E-state index contributed by atoms with van der Waals surface area (Å²) in [7, 11) is 0. The number of unbranched alkanes of at least 4 members (excludes halogenated alkanes) is 2. The normalized spacial score (nSPS) is 15.5. The van der Waals surface area contributed by atoms with Gasteiger partial charge in [0.05, 0.1) is 16.2 Å². The Morgan fingerprint density at radius 2 is 1.72 bits per heavy atom. The molecule has 0 saturated carbocycles. The highest BCUT2D eigenvalue weighted by atomic mass is 32.2. The monoisotopic (exact) mass is 478 g/mol. The predicted molar refractivity (Wildman–Crippen MR) is 125 cm³/mol. The summed E-state index contributed by atoms with van der Waals surface area (Å²) in [6.07, 6.45) is -0.855. The molecule has 4 nitrogen and oxygen atoms in total. The molecule has 0 aliphatic carbocycles. The number of alkyl halides is 3. The second-order valence-corrected chi connectivity index (χ2v) is 8.82. The van der Waals surface area contributed by atoms with E-state index in [0.717, 1.165) is 11.6 Å². The van der Waals surface area contributed by atoms with Gasteiger partial charge in [0.15, 0.2) is 0 Å². The smallest absolute Gasteiger partial charge is 0.326 e. The largest absolute Gasteiger partial charge is 0.418 e. The van der Waals surface area contributed by atoms with Gasteiger partial charge in [-0.15, -0.1) is 0 Å². The lowest BCUT2D eigenvalue weighted by atomic mass is 10.1. The van der Waals surface area contributed by atoms with Crippen LogP contribution < -0.4 is 5.32 Å². The van der Waals surface area contributed by atoms with Crippen LogP contribution in [0, 0.1) is 0 Å². The average molecular weight is 479 g/mol. The molecule has 0 atom stereocenters. The molecule has 0 spiro atoms. The van der Waals surface area contributed by atoms with Crippen molar-refractivity contribution in [1.82, 2.24) is 4.90 Å². The number of amides is 2. The standard InChI is InChI=1S/C23H21F3N2O2S2/c24-23(25,26)17-11-6-7-12-18(17)27-20(29)13-5-2-8-14-28-21(30)19(32-22(28)31)15-16-9-3-1-4-10-16/h1,3-4,6-7,9-12,15H,2,5,8,13-14H2,(H,27,29). The summed E-state index contributed by atoms with van der Waals surface area (Å²) in [4.78, 5) is 26.8. The number of thioether (sulfide) groups is 1. The summed E-state index contributed by atoms with van der Waals surface area (Å²) in [5, 5.41) is 2.34. The molecule has 1 N–H and O–H groups in total. The van der Waals surface area contributed by atoms with Crippen LogP contribution in [0.15, 0.2) is 59.5 Å². The predicted octanol–water partition coefficient (Wildman–Crippen LogP) is 6.11. The van der Waals surface area contributed by atoms with Crippen molar-refractivity contribution in [2.75, 3.05) is 11.9 Å². The number of thiocarbonyl (C=S) groups is 1. The second-order valence-electron chi connectivity index (χ2n) is 7.15. The zero-order valence-electron chi connectivity index (χ0n) is 17.0. The molecule has 2 aromatic carbocycles. The first kappa shape index (κ1) is 24.0. The van der Waals surface area contributed by atoms with Crippen LogP contribution in [-0.4, -0.2) is 27.6 Å². The fourth-order valence-electron chi connectivity index (χ4n) is 3.18. The molecule has 0 unspecified atom stereocenters. The fraction of sp³-hybridized carbons (Fsp3) is 0.261. The van der Waals surface area contributed by atoms with Crippen molar-refractivity contribution in [3.8, 4) is 0 Å². The molecule has 1 fully saturated rings. The molecule has 2 amide bonds. The van der Waals surface area contributed by atoms with Crippen LogP contribution >= 0.6 is 24.0 Å². The summed E-state index contributed by atoms with van der Waals surface area (Å²) in [6, 6.07) is 14.4. The SMILES string of the molecule is O=C(CCCCCN1C(=O)C(=Cc2ccccc2)SC1=S)Nc1ccccc1C(F)(F)F. The highest BCUT2D eigenvalue weighted by Crippen LogP contribution is 2.35. The van der Waals surface area contributed by atoms with Crippen LogP contribution in [0.5, 0.6) is 0 Å². The first-order chi connectivity index (χ1) is 15.3. The Bertz CT molecular complexity index is 1020. The van der Waals surface area contributed by atoms with Gasteiger partial charge >= 0.3 is 6.18 Å². The molecule has 1 saturated heterocycles. The Morgan fingerprint density at radius 1 is 1.03 bits per heavy atom. The van der Waals surface area contributed by atoms with Gasteiger partial charge < -0.3 is 5.32 Å². The van der Waals surface area contributed by atoms with Gasteiger partial charge in [0.1, 0.15) is 4.32 Å². The number of hydrogen-bond donors (Lipinski definition) is 1. The van der Waals surface area contributed by atoms with Crippen LogP contribution in [0.1, 0.15) is 36.8 Å². The van der Waals surface area contributed by atoms with E-state index in [1.807, 2.05) is 36.4 Å². The van der Waals surface area contributed by atoms with Gasteiger partial charge in [-0.25, -0.2) is 0 Å². The minimum Gasteiger partial charge on any atom is -0.326 e. The van der Waals surface area contributed by atoms with Gasteiger partial charge in [-0.05, 0) is 36.6 Å². The summed E-state index contributed by atoms with van der Waals surface area (Å²) in [6.45, 7) is 0.440. The van der Waals surface area contributed by atoms with E-state index in [9.17, 15) is 22.8 Å². The van der Waals surface area contributed by atoms with Crippen LogP contribution in [-0.2, 0) is 15.8 Å². The third kappa shape index (κ3) is 6.43. The van der Waals surface area contributed by atoms with Crippen molar-refractivity contribution in [3.63, 3.8) is 0 Å². The first-order valence-corrected chi connectivity index (χ1v) is 11.2. The fourth-order valence-corrected chi connectivity index (χ4v) is 4.49. The van der Waals surface area contributed by atoms with Crippen LogP contribution in [0.2, 0.25) is 0 Å². The Labute approximate surface area is 193 Å². The molecule has 1 aliphatic heterocycles. The van der Waals surface area contributed by atoms with Crippen LogP contribution in [0.4, 0.5) is 18.9 Å². The molecule has 1 heterocycles. The number of carbonyl (C=O) groups excluding carboxylic acids is 2. The lowest BCUT2D eigenvalue weighted by molar-refractivity contribution is -0.137. The quantitative estimate of drug-likeness (QED) is 0.283. The molecule has 0 radical (unpaired) electrons. The van der Waals surface area contributed by atoms with Gasteiger partial charge in [-0.1, -0.05) is 72.9 Å². The lowest BCUT2D eigenvalue weighted by Gasteiger charge is -2.14. The Morgan fingerprint density at radius 3 is 2.44 bits per heavy atom. The van der Waals surface area contributed by atoms with Crippen molar-refractivity contribution in [2.24, 2.45) is 0 Å². The first-order valence-electron chi connectivity index (χ1n) is 10.0. The van der Waals surface area contributed by atoms with Crippen molar-refractivity contribution >= 4 is 51.9 Å². The maximum Gasteiger partial charge on any atom is 0.418 e. The summed E-state index contributed by atoms with van der Waals surface area (Å²) >= 11 is 6.58. The molecule has 168 valence electrons. The van der Waals surface area contributed by atoms with Crippen LogP contribution in [0.25, 0.3) is 6.08 Å². The van der Waals surface area contributed by atoms with E-state index < -0.39 is 17.6 Å². The zero-order chi connectivity index (χ0) is 23.1. The number of carbonyl (C=O) groups is 2. The Hall–Kier alpha value is -2.65. The maximum absolute atomic E-state index is 13.0. The molecule has 0 aromatic heterocycles. The van der Waals surface area contributed by atoms with Crippen molar-refractivity contribution in [3.05, 3.63) is 70.6 Å². The summed E-state index contributed by atoms with van der Waals surface area (Å²) < 4.78 is 39.5. The Balaban J connectivity index is 1.43. The highest BCUT2D eigenvalue weighted by Gasteiger charge is 2.33. The number of nitrogens with one attached hydrogen (secondary N) is 1. The number of rotatable bonds is 8. The van der Waals surface area contributed by atoms with E-state index in [0.29, 0.717) is 35.0 Å². The molecule has 32 heavy (non-hydrogen) atoms. The number of nitrogens with zero attached hydrogens (tertiary/aromatic N) is 1. The molecule has 2 aromatic rings.